The van der Waals surface area contributed by atoms with Gasteiger partial charge in [0.15, 0.2) is 0 Å². The van der Waals surface area contributed by atoms with Crippen LogP contribution in [-0.2, 0) is 23.8 Å². The summed E-state index contributed by atoms with van der Waals surface area (Å²) >= 11 is 0. The minimum Gasteiger partial charge on any atom is -0.465 e. The van der Waals surface area contributed by atoms with E-state index < -0.39 is 11.9 Å². The van der Waals surface area contributed by atoms with Crippen molar-refractivity contribution in [2.24, 2.45) is 0 Å². The lowest BCUT2D eigenvalue weighted by Crippen LogP contribution is -2.16. The highest BCUT2D eigenvalue weighted by molar-refractivity contribution is 6.13. The number of esters is 2. The van der Waals surface area contributed by atoms with E-state index in [0.717, 1.165) is 0 Å². The number of hydrogen-bond donors (Lipinski definition) is 0. The van der Waals surface area contributed by atoms with Crippen LogP contribution < -0.4 is 0 Å². The van der Waals surface area contributed by atoms with Gasteiger partial charge in [0.2, 0.25) is 0 Å². The Morgan fingerprint density at radius 3 is 1.85 bits per heavy atom. The van der Waals surface area contributed by atoms with Gasteiger partial charge in [-0.3, -0.25) is 0 Å². The van der Waals surface area contributed by atoms with Crippen LogP contribution in [0.2, 0.25) is 0 Å². The van der Waals surface area contributed by atoms with Crippen molar-refractivity contribution in [3.8, 4) is 0 Å². The molecule has 0 saturated carbocycles. The number of methoxy groups -OCH3 is 3. The molecule has 0 amide bonds. The van der Waals surface area contributed by atoms with Gasteiger partial charge in [-0.2, -0.15) is 0 Å². The van der Waals surface area contributed by atoms with E-state index in [4.69, 9.17) is 0 Å². The highest BCUT2D eigenvalue weighted by Crippen LogP contribution is 2.00. The Bertz CT molecular complexity index is 201. The van der Waals surface area contributed by atoms with Crippen LogP contribution in [0.25, 0.3) is 0 Å². The molecule has 0 atom stereocenters. The number of carbonyl (C=O) groups excluding carboxylic acids is 2. The van der Waals surface area contributed by atoms with Gasteiger partial charge in [0.1, 0.15) is 5.57 Å². The normalized spacial score (nSPS) is 8.85. The third kappa shape index (κ3) is 3.71. The fraction of sp³-hybridized carbons (Fsp3) is 0.500. The summed E-state index contributed by atoms with van der Waals surface area (Å²) in [6.07, 6.45) is 1.30. The van der Waals surface area contributed by atoms with Crippen LogP contribution in [0.15, 0.2) is 11.6 Å². The summed E-state index contributed by atoms with van der Waals surface area (Å²) in [4.78, 5) is 21.9. The summed E-state index contributed by atoms with van der Waals surface area (Å²) in [7, 11) is 3.82. The van der Waals surface area contributed by atoms with Crippen molar-refractivity contribution in [1.29, 1.82) is 0 Å². The predicted octanol–water partition coefficient (Wildman–Crippen LogP) is -0.0948. The zero-order valence-corrected chi connectivity index (χ0v) is 7.83. The third-order valence-electron chi connectivity index (χ3n) is 1.26. The average molecular weight is 188 g/mol. The summed E-state index contributed by atoms with van der Waals surface area (Å²) in [6, 6.07) is 0. The van der Waals surface area contributed by atoms with E-state index in [1.165, 1.54) is 27.4 Å². The molecule has 0 radical (unpaired) electrons. The first-order valence-electron chi connectivity index (χ1n) is 3.53. The maximum atomic E-state index is 11.0. The molecule has 5 nitrogen and oxygen atoms in total. The van der Waals surface area contributed by atoms with E-state index in [1.807, 2.05) is 0 Å². The van der Waals surface area contributed by atoms with Crippen molar-refractivity contribution < 1.29 is 23.8 Å². The molecule has 13 heavy (non-hydrogen) atoms. The Hall–Kier alpha value is -1.36. The van der Waals surface area contributed by atoms with Crippen LogP contribution in [0, 0.1) is 0 Å². The summed E-state index contributed by atoms with van der Waals surface area (Å²) < 4.78 is 13.4. The minimum atomic E-state index is -0.733. The molecule has 0 N–H and O–H groups in total. The predicted molar refractivity (Wildman–Crippen MR) is 44.0 cm³/mol. The molecular weight excluding hydrogens is 176 g/mol. The average Bonchev–Trinajstić information content (AvgIpc) is 2.17. The third-order valence-corrected chi connectivity index (χ3v) is 1.26. The van der Waals surface area contributed by atoms with Crippen molar-refractivity contribution >= 4 is 11.9 Å². The lowest BCUT2D eigenvalue weighted by Gasteiger charge is -2.02. The van der Waals surface area contributed by atoms with Gasteiger partial charge in [0.25, 0.3) is 0 Å². The van der Waals surface area contributed by atoms with E-state index in [0.29, 0.717) is 0 Å². The van der Waals surface area contributed by atoms with Crippen LogP contribution >= 0.6 is 0 Å². The maximum Gasteiger partial charge on any atom is 0.345 e. The highest BCUT2D eigenvalue weighted by Gasteiger charge is 2.18. The van der Waals surface area contributed by atoms with E-state index in [-0.39, 0.29) is 12.2 Å². The van der Waals surface area contributed by atoms with Crippen molar-refractivity contribution in [3.05, 3.63) is 11.6 Å². The number of ether oxygens (including phenoxy) is 3. The number of carbonyl (C=O) groups is 2. The van der Waals surface area contributed by atoms with Crippen molar-refractivity contribution in [1.82, 2.24) is 0 Å². The largest absolute Gasteiger partial charge is 0.465 e. The minimum absolute atomic E-state index is 0.152. The quantitative estimate of drug-likeness (QED) is 0.267. The zero-order valence-electron chi connectivity index (χ0n) is 7.83. The fourth-order valence-electron chi connectivity index (χ4n) is 0.637. The summed E-state index contributed by atoms with van der Waals surface area (Å²) in [5, 5.41) is 0. The lowest BCUT2D eigenvalue weighted by atomic mass is 10.2. The van der Waals surface area contributed by atoms with Crippen LogP contribution in [0.1, 0.15) is 0 Å². The Morgan fingerprint density at radius 2 is 1.54 bits per heavy atom. The molecular formula is C8H12O5. The molecule has 0 aliphatic carbocycles. The monoisotopic (exact) mass is 188 g/mol. The molecule has 0 bridgehead atoms. The van der Waals surface area contributed by atoms with Gasteiger partial charge in [0, 0.05) is 7.11 Å². The van der Waals surface area contributed by atoms with Gasteiger partial charge in [-0.1, -0.05) is 0 Å². The first kappa shape index (κ1) is 11.6. The molecule has 0 fully saturated rings. The van der Waals surface area contributed by atoms with Crippen molar-refractivity contribution in [3.63, 3.8) is 0 Å². The molecule has 0 aromatic carbocycles. The highest BCUT2D eigenvalue weighted by atomic mass is 16.5. The molecule has 0 spiro atoms. The second-order valence-electron chi connectivity index (χ2n) is 2.06. The van der Waals surface area contributed by atoms with Crippen LogP contribution in [0.4, 0.5) is 0 Å². The summed E-state index contributed by atoms with van der Waals surface area (Å²) in [5.74, 6) is -1.46. The lowest BCUT2D eigenvalue weighted by molar-refractivity contribution is -0.144. The van der Waals surface area contributed by atoms with Crippen molar-refractivity contribution in [2.45, 2.75) is 0 Å². The van der Waals surface area contributed by atoms with E-state index >= 15 is 0 Å². The van der Waals surface area contributed by atoms with Gasteiger partial charge < -0.3 is 14.2 Å². The smallest absolute Gasteiger partial charge is 0.345 e. The molecule has 74 valence electrons. The van der Waals surface area contributed by atoms with Gasteiger partial charge in [-0.25, -0.2) is 9.59 Å². The van der Waals surface area contributed by atoms with Gasteiger partial charge in [-0.05, 0) is 6.08 Å². The standard InChI is InChI=1S/C8H12O5/c1-11-5-4-6(7(9)12-2)8(10)13-3/h4H,5H2,1-3H3. The molecule has 0 saturated heterocycles. The molecule has 0 unspecified atom stereocenters. The Kier molecular flexibility index (Phi) is 5.54. The van der Waals surface area contributed by atoms with E-state index in [2.05, 4.69) is 14.2 Å². The molecule has 0 heterocycles. The second-order valence-corrected chi connectivity index (χ2v) is 2.06. The summed E-state index contributed by atoms with van der Waals surface area (Å²) in [5.41, 5.74) is -0.160. The Labute approximate surface area is 76.3 Å². The van der Waals surface area contributed by atoms with E-state index in [1.54, 1.807) is 0 Å². The van der Waals surface area contributed by atoms with Gasteiger partial charge >= 0.3 is 11.9 Å². The van der Waals surface area contributed by atoms with E-state index in [9.17, 15) is 9.59 Å². The Morgan fingerprint density at radius 1 is 1.08 bits per heavy atom. The number of rotatable bonds is 4. The topological polar surface area (TPSA) is 61.8 Å². The van der Waals surface area contributed by atoms with Crippen LogP contribution in [0.3, 0.4) is 0 Å². The molecule has 0 aromatic heterocycles. The zero-order chi connectivity index (χ0) is 10.3. The fourth-order valence-corrected chi connectivity index (χ4v) is 0.637. The molecule has 5 heteroatoms. The van der Waals surface area contributed by atoms with Crippen LogP contribution in [-0.4, -0.2) is 39.9 Å². The van der Waals surface area contributed by atoms with Gasteiger partial charge in [0.05, 0.1) is 20.8 Å². The molecule has 0 aromatic rings. The summed E-state index contributed by atoms with van der Waals surface area (Å²) in [6.45, 7) is 0.152. The first-order valence-corrected chi connectivity index (χ1v) is 3.53. The SMILES string of the molecule is COCC=C(C(=O)OC)C(=O)OC. The maximum absolute atomic E-state index is 11.0. The second kappa shape index (κ2) is 6.19. The molecule has 0 rings (SSSR count). The van der Waals surface area contributed by atoms with Crippen LogP contribution in [0.5, 0.6) is 0 Å². The molecule has 0 aliphatic rings. The first-order chi connectivity index (χ1) is 6.17. The molecule has 0 aliphatic heterocycles. The van der Waals surface area contributed by atoms with Crippen molar-refractivity contribution in [2.75, 3.05) is 27.9 Å². The Balaban J connectivity index is 4.54. The number of hydrogen-bond acceptors (Lipinski definition) is 5. The van der Waals surface area contributed by atoms with Gasteiger partial charge in [-0.15, -0.1) is 0 Å².